The molecule has 52 heavy (non-hydrogen) atoms. The number of carbonyl (C=O) groups excluding carboxylic acids is 4. The van der Waals surface area contributed by atoms with Crippen LogP contribution >= 0.6 is 0 Å². The van der Waals surface area contributed by atoms with Crippen molar-refractivity contribution in [3.63, 3.8) is 0 Å². The van der Waals surface area contributed by atoms with Crippen LogP contribution in [0.25, 0.3) is 21.5 Å². The molecule has 8 rings (SSSR count). The van der Waals surface area contributed by atoms with Gasteiger partial charge in [-0.15, -0.1) is 0 Å². The zero-order chi connectivity index (χ0) is 36.8. The fraction of sp³-hybridized carbons (Fsp3) is 0.333. The van der Waals surface area contributed by atoms with Gasteiger partial charge >= 0.3 is 0 Å². The van der Waals surface area contributed by atoms with Gasteiger partial charge < -0.3 is 42.1 Å². The van der Waals surface area contributed by atoms with Crippen LogP contribution in [0.1, 0.15) is 25.7 Å². The molecule has 6 atom stereocenters. The number of aliphatic hydroxyl groups excluding tert-OH is 2. The number of hydrogen-bond donors (Lipinski definition) is 6. The second kappa shape index (κ2) is 13.4. The molecule has 2 aromatic carbocycles. The van der Waals surface area contributed by atoms with E-state index in [1.54, 1.807) is 48.8 Å². The minimum Gasteiger partial charge on any atom is -0.398 e. The predicted octanol–water partition coefficient (Wildman–Crippen LogP) is 2.03. The van der Waals surface area contributed by atoms with E-state index in [1.807, 2.05) is 0 Å². The number of pyridine rings is 2. The molecule has 2 aliphatic heterocycles. The van der Waals surface area contributed by atoms with Gasteiger partial charge in [0.05, 0.1) is 35.8 Å². The Labute approximate surface area is 296 Å². The number of nitrogen functional groups attached to an aromatic ring is 2. The van der Waals surface area contributed by atoms with Gasteiger partial charge in [-0.25, -0.2) is 9.97 Å². The molecule has 4 aromatic rings. The average Bonchev–Trinajstić information content (AvgIpc) is 4.04. The van der Waals surface area contributed by atoms with Crippen LogP contribution in [-0.4, -0.2) is 69.1 Å². The molecule has 0 bridgehead atoms. The van der Waals surface area contributed by atoms with Crippen LogP contribution in [0.5, 0.6) is 0 Å². The van der Waals surface area contributed by atoms with Gasteiger partial charge in [0.25, 0.3) is 11.8 Å². The Morgan fingerprint density at radius 1 is 0.712 bits per heavy atom. The van der Waals surface area contributed by atoms with Gasteiger partial charge in [0.15, 0.2) is 0 Å². The molecule has 0 unspecified atom stereocenters. The third-order valence-electron chi connectivity index (χ3n) is 9.77. The largest absolute Gasteiger partial charge is 0.398 e. The summed E-state index contributed by atoms with van der Waals surface area (Å²) in [6.45, 7) is 0.855. The first-order chi connectivity index (χ1) is 24.9. The number of hydrogen-bond acceptors (Lipinski definition) is 12. The zero-order valence-electron chi connectivity index (χ0n) is 27.7. The molecule has 2 aliphatic carbocycles. The second-order valence-corrected chi connectivity index (χ2v) is 13.4. The zero-order valence-corrected chi connectivity index (χ0v) is 27.7. The lowest BCUT2D eigenvalue weighted by Gasteiger charge is -2.18. The van der Waals surface area contributed by atoms with Crippen molar-refractivity contribution in [1.82, 2.24) is 9.97 Å². The van der Waals surface area contributed by atoms with Crippen LogP contribution in [0.4, 0.5) is 34.4 Å². The Balaban J connectivity index is 0.000000162. The number of nitrogens with zero attached hydrogens (tertiary/aromatic N) is 6. The average molecular weight is 703 g/mol. The molecule has 0 radical (unpaired) electrons. The fourth-order valence-electron chi connectivity index (χ4n) is 6.52. The van der Waals surface area contributed by atoms with E-state index in [2.05, 4.69) is 32.7 Å². The number of rotatable bonds is 6. The first-order valence-corrected chi connectivity index (χ1v) is 16.7. The van der Waals surface area contributed by atoms with Crippen LogP contribution < -0.4 is 31.9 Å². The van der Waals surface area contributed by atoms with Gasteiger partial charge in [0.2, 0.25) is 11.8 Å². The number of nitriles is 2. The highest BCUT2D eigenvalue weighted by atomic mass is 16.3. The lowest BCUT2D eigenvalue weighted by molar-refractivity contribution is -0.124. The highest BCUT2D eigenvalue weighted by Gasteiger charge is 2.44. The van der Waals surface area contributed by atoms with Gasteiger partial charge in [-0.1, -0.05) is 0 Å². The maximum atomic E-state index is 12.1. The highest BCUT2D eigenvalue weighted by Crippen LogP contribution is 2.40. The standard InChI is InChI=1S/2C18H17N5O3/c2*19-7-10-4-12(10)17(25)22-16-5-9-3-11(6-14(20)13(9)8-21-16)23-2-1-15(24)18(23)26/h2*3,5-6,8,10,12,15,24H,1-2,4,20H2,(H,21,22,25)/t10-,12+,15+;10-,12+,15-/m01/s1. The molecule has 264 valence electrons. The molecule has 2 saturated carbocycles. The van der Waals surface area contributed by atoms with Crippen molar-refractivity contribution in [3.05, 3.63) is 48.8 Å². The molecule has 16 nitrogen and oxygen atoms in total. The summed E-state index contributed by atoms with van der Waals surface area (Å²) in [5, 5.41) is 45.3. The van der Waals surface area contributed by atoms with Crippen LogP contribution in [0.15, 0.2) is 48.8 Å². The van der Waals surface area contributed by atoms with E-state index in [9.17, 15) is 29.4 Å². The second-order valence-electron chi connectivity index (χ2n) is 13.4. The summed E-state index contributed by atoms with van der Waals surface area (Å²) >= 11 is 0. The van der Waals surface area contributed by atoms with E-state index in [4.69, 9.17) is 22.0 Å². The number of fused-ring (bicyclic) bond motifs is 2. The van der Waals surface area contributed by atoms with Gasteiger partial charge in [-0.3, -0.25) is 19.2 Å². The molecule has 16 heteroatoms. The van der Waals surface area contributed by atoms with E-state index in [0.717, 1.165) is 10.8 Å². The van der Waals surface area contributed by atoms with Crippen LogP contribution in [0.2, 0.25) is 0 Å². The number of amides is 4. The number of nitrogens with one attached hydrogen (secondary N) is 2. The monoisotopic (exact) mass is 702 g/mol. The van der Waals surface area contributed by atoms with Crippen LogP contribution in [0.3, 0.4) is 0 Å². The maximum Gasteiger partial charge on any atom is 0.255 e. The molecular formula is C36H34N10O6. The third kappa shape index (κ3) is 6.60. The SMILES string of the molecule is N#C[C@@H]1C[C@H]1C(=O)Nc1cc2cc(N3CC[C@@H](O)C3=O)cc(N)c2cn1.N#C[C@H]1C[C@@H]1C(=O)Nc1cc2cc(N3CC[C@@H](O)C3=O)cc(N)c2cn1. The van der Waals surface area contributed by atoms with Crippen LogP contribution in [0, 0.1) is 46.3 Å². The Morgan fingerprint density at radius 3 is 1.44 bits per heavy atom. The van der Waals surface area contributed by atoms with Gasteiger partial charge in [-0.05, 0) is 60.0 Å². The summed E-state index contributed by atoms with van der Waals surface area (Å²) in [5.74, 6) is -1.38. The highest BCUT2D eigenvalue weighted by molar-refractivity contribution is 6.06. The maximum absolute atomic E-state index is 12.1. The normalized spacial score (nSPS) is 24.5. The fourth-order valence-corrected chi connectivity index (χ4v) is 6.52. The molecule has 8 N–H and O–H groups in total. The van der Waals surface area contributed by atoms with E-state index in [0.29, 0.717) is 83.9 Å². The topological polar surface area (TPSA) is 265 Å². The third-order valence-corrected chi connectivity index (χ3v) is 9.77. The summed E-state index contributed by atoms with van der Waals surface area (Å²) in [7, 11) is 0. The predicted molar refractivity (Wildman–Crippen MR) is 190 cm³/mol. The van der Waals surface area contributed by atoms with Crippen LogP contribution in [-0.2, 0) is 19.2 Å². The van der Waals surface area contributed by atoms with E-state index in [1.165, 1.54) is 9.80 Å². The summed E-state index contributed by atoms with van der Waals surface area (Å²) < 4.78 is 0. The molecule has 2 saturated heterocycles. The summed E-state index contributed by atoms with van der Waals surface area (Å²) in [5.41, 5.74) is 14.3. The molecule has 4 amide bonds. The quantitative estimate of drug-likeness (QED) is 0.158. The van der Waals surface area contributed by atoms with E-state index in [-0.39, 0.29) is 47.3 Å². The van der Waals surface area contributed by atoms with Crippen molar-refractivity contribution in [1.29, 1.82) is 10.5 Å². The van der Waals surface area contributed by atoms with Crippen molar-refractivity contribution < 1.29 is 29.4 Å². The molecule has 4 fully saturated rings. The van der Waals surface area contributed by atoms with Gasteiger partial charge in [0.1, 0.15) is 23.8 Å². The number of nitrogens with two attached hydrogens (primary N) is 2. The first kappa shape index (κ1) is 34.1. The Hall–Kier alpha value is -6.36. The minimum atomic E-state index is -0.981. The number of anilines is 6. The first-order valence-electron chi connectivity index (χ1n) is 16.7. The molecular weight excluding hydrogens is 668 g/mol. The van der Waals surface area contributed by atoms with E-state index < -0.39 is 12.2 Å². The lowest BCUT2D eigenvalue weighted by Crippen LogP contribution is -2.29. The molecule has 4 aliphatic rings. The van der Waals surface area contributed by atoms with E-state index >= 15 is 0 Å². The number of aliphatic hydroxyl groups is 2. The molecule has 4 heterocycles. The van der Waals surface area contributed by atoms with Crippen molar-refractivity contribution in [3.8, 4) is 12.1 Å². The van der Waals surface area contributed by atoms with Crippen molar-refractivity contribution in [2.45, 2.75) is 37.9 Å². The van der Waals surface area contributed by atoms with Crippen molar-refractivity contribution in [2.24, 2.45) is 23.7 Å². The Kier molecular flexibility index (Phi) is 8.79. The van der Waals surface area contributed by atoms with Gasteiger partial charge in [0, 0.05) is 71.8 Å². The van der Waals surface area contributed by atoms with Crippen molar-refractivity contribution in [2.75, 3.05) is 45.0 Å². The summed E-state index contributed by atoms with van der Waals surface area (Å²) in [4.78, 5) is 59.7. The minimum absolute atomic E-state index is 0.217. The number of benzene rings is 2. The summed E-state index contributed by atoms with van der Waals surface area (Å²) in [6, 6.07) is 14.5. The van der Waals surface area contributed by atoms with Crippen molar-refractivity contribution >= 4 is 79.6 Å². The number of aromatic nitrogens is 2. The molecule has 2 aromatic heterocycles. The number of carbonyl (C=O) groups is 4. The Bertz CT molecular complexity index is 2090. The Morgan fingerprint density at radius 2 is 1.12 bits per heavy atom. The van der Waals surface area contributed by atoms with Gasteiger partial charge in [-0.2, -0.15) is 10.5 Å². The smallest absolute Gasteiger partial charge is 0.255 e. The lowest BCUT2D eigenvalue weighted by atomic mass is 10.1. The summed E-state index contributed by atoms with van der Waals surface area (Å²) in [6.07, 6.45) is 3.10. The molecule has 0 spiro atoms.